The highest BCUT2D eigenvalue weighted by molar-refractivity contribution is 5.33. The van der Waals surface area contributed by atoms with Crippen molar-refractivity contribution in [1.82, 2.24) is 15.3 Å². The first-order valence-electron chi connectivity index (χ1n) is 6.04. The van der Waals surface area contributed by atoms with Gasteiger partial charge >= 0.3 is 0 Å². The Morgan fingerprint density at radius 3 is 2.89 bits per heavy atom. The molecule has 4 nitrogen and oxygen atoms in total. The molecule has 0 aliphatic rings. The molecular formula is C14H17N3O. The molecule has 94 valence electrons. The molecule has 0 unspecified atom stereocenters. The molecule has 2 heterocycles. The Hall–Kier alpha value is -1.94. The number of hydrogen-bond donors (Lipinski definition) is 1. The fourth-order valence-electron chi connectivity index (χ4n) is 1.57. The van der Waals surface area contributed by atoms with E-state index >= 15 is 0 Å². The van der Waals surface area contributed by atoms with Crippen LogP contribution in [0.15, 0.2) is 36.7 Å². The summed E-state index contributed by atoms with van der Waals surface area (Å²) in [5, 5.41) is 3.24. The van der Waals surface area contributed by atoms with Crippen LogP contribution in [0.2, 0.25) is 0 Å². The van der Waals surface area contributed by atoms with E-state index in [1.807, 2.05) is 31.2 Å². The summed E-state index contributed by atoms with van der Waals surface area (Å²) >= 11 is 0. The Kier molecular flexibility index (Phi) is 4.25. The van der Waals surface area contributed by atoms with Gasteiger partial charge in [0.25, 0.3) is 0 Å². The van der Waals surface area contributed by atoms with Gasteiger partial charge in [-0.25, -0.2) is 0 Å². The molecule has 0 saturated carbocycles. The topological polar surface area (TPSA) is 47.0 Å². The number of nitrogens with zero attached hydrogens (tertiary/aromatic N) is 2. The average molecular weight is 243 g/mol. The molecule has 0 bridgehead atoms. The van der Waals surface area contributed by atoms with Crippen LogP contribution >= 0.6 is 0 Å². The second kappa shape index (κ2) is 6.12. The summed E-state index contributed by atoms with van der Waals surface area (Å²) in [6.45, 7) is 5.67. The van der Waals surface area contributed by atoms with Crippen molar-refractivity contribution in [2.45, 2.75) is 20.4 Å². The number of hydrogen-bond acceptors (Lipinski definition) is 4. The molecule has 2 aromatic heterocycles. The lowest BCUT2D eigenvalue weighted by Crippen LogP contribution is -2.12. The fourth-order valence-corrected chi connectivity index (χ4v) is 1.57. The zero-order chi connectivity index (χ0) is 12.8. The van der Waals surface area contributed by atoms with E-state index in [1.54, 1.807) is 12.4 Å². The predicted octanol–water partition coefficient (Wildman–Crippen LogP) is 2.69. The number of rotatable bonds is 5. The lowest BCUT2D eigenvalue weighted by atomic mass is 10.3. The third-order valence-corrected chi connectivity index (χ3v) is 2.53. The predicted molar refractivity (Wildman–Crippen MR) is 70.7 cm³/mol. The van der Waals surface area contributed by atoms with Crippen LogP contribution in [0.25, 0.3) is 0 Å². The SMILES string of the molecule is CCNCc1cc(Oc2cccnc2C)ccn1. The van der Waals surface area contributed by atoms with E-state index in [0.29, 0.717) is 0 Å². The molecule has 0 saturated heterocycles. The van der Waals surface area contributed by atoms with Crippen LogP contribution in [0.4, 0.5) is 0 Å². The largest absolute Gasteiger partial charge is 0.455 e. The van der Waals surface area contributed by atoms with Gasteiger partial charge in [-0.2, -0.15) is 0 Å². The van der Waals surface area contributed by atoms with Crippen LogP contribution < -0.4 is 10.1 Å². The van der Waals surface area contributed by atoms with Gasteiger partial charge in [-0.3, -0.25) is 9.97 Å². The first kappa shape index (κ1) is 12.5. The van der Waals surface area contributed by atoms with Crippen molar-refractivity contribution in [1.29, 1.82) is 0 Å². The van der Waals surface area contributed by atoms with Gasteiger partial charge in [0.1, 0.15) is 11.5 Å². The van der Waals surface area contributed by atoms with Crippen LogP contribution in [0.3, 0.4) is 0 Å². The van der Waals surface area contributed by atoms with Crippen LogP contribution in [0.5, 0.6) is 11.5 Å². The van der Waals surface area contributed by atoms with Crippen molar-refractivity contribution in [3.63, 3.8) is 0 Å². The van der Waals surface area contributed by atoms with E-state index in [9.17, 15) is 0 Å². The molecule has 0 amide bonds. The number of aromatic nitrogens is 2. The fraction of sp³-hybridized carbons (Fsp3) is 0.286. The van der Waals surface area contributed by atoms with Gasteiger partial charge in [0.2, 0.25) is 0 Å². The van der Waals surface area contributed by atoms with Crippen LogP contribution in [0, 0.1) is 6.92 Å². The van der Waals surface area contributed by atoms with E-state index in [0.717, 1.165) is 36.0 Å². The molecule has 2 aromatic rings. The molecule has 0 radical (unpaired) electrons. The first-order valence-corrected chi connectivity index (χ1v) is 6.04. The molecule has 0 aromatic carbocycles. The lowest BCUT2D eigenvalue weighted by Gasteiger charge is -2.08. The van der Waals surface area contributed by atoms with E-state index in [4.69, 9.17) is 4.74 Å². The highest BCUT2D eigenvalue weighted by Gasteiger charge is 2.02. The highest BCUT2D eigenvalue weighted by atomic mass is 16.5. The molecule has 0 fully saturated rings. The Morgan fingerprint density at radius 1 is 1.22 bits per heavy atom. The lowest BCUT2D eigenvalue weighted by molar-refractivity contribution is 0.473. The summed E-state index contributed by atoms with van der Waals surface area (Å²) in [4.78, 5) is 8.48. The molecule has 0 atom stereocenters. The zero-order valence-electron chi connectivity index (χ0n) is 10.7. The monoisotopic (exact) mass is 243 g/mol. The zero-order valence-corrected chi connectivity index (χ0v) is 10.7. The molecule has 4 heteroatoms. The van der Waals surface area contributed by atoms with Crippen molar-refractivity contribution in [3.8, 4) is 11.5 Å². The van der Waals surface area contributed by atoms with E-state index in [1.165, 1.54) is 0 Å². The summed E-state index contributed by atoms with van der Waals surface area (Å²) in [6, 6.07) is 7.56. The summed E-state index contributed by atoms with van der Waals surface area (Å²) in [6.07, 6.45) is 3.51. The Bertz CT molecular complexity index is 514. The third kappa shape index (κ3) is 3.28. The van der Waals surface area contributed by atoms with Gasteiger partial charge in [-0.05, 0) is 31.7 Å². The van der Waals surface area contributed by atoms with Crippen LogP contribution in [0.1, 0.15) is 18.3 Å². The molecule has 1 N–H and O–H groups in total. The molecule has 0 aliphatic carbocycles. The number of nitrogens with one attached hydrogen (secondary N) is 1. The van der Waals surface area contributed by atoms with Gasteiger partial charge in [-0.15, -0.1) is 0 Å². The van der Waals surface area contributed by atoms with Gasteiger partial charge in [0.15, 0.2) is 0 Å². The molecule has 18 heavy (non-hydrogen) atoms. The molecule has 2 rings (SSSR count). The van der Waals surface area contributed by atoms with E-state index < -0.39 is 0 Å². The molecule has 0 spiro atoms. The van der Waals surface area contributed by atoms with Crippen LogP contribution in [-0.4, -0.2) is 16.5 Å². The van der Waals surface area contributed by atoms with Gasteiger partial charge in [-0.1, -0.05) is 6.92 Å². The maximum absolute atomic E-state index is 5.80. The van der Waals surface area contributed by atoms with Crippen molar-refractivity contribution in [2.75, 3.05) is 6.54 Å². The summed E-state index contributed by atoms with van der Waals surface area (Å²) in [7, 11) is 0. The highest BCUT2D eigenvalue weighted by Crippen LogP contribution is 2.23. The van der Waals surface area contributed by atoms with Crippen molar-refractivity contribution < 1.29 is 4.74 Å². The Morgan fingerprint density at radius 2 is 2.11 bits per heavy atom. The number of pyridine rings is 2. The van der Waals surface area contributed by atoms with E-state index in [2.05, 4.69) is 22.2 Å². The van der Waals surface area contributed by atoms with Crippen molar-refractivity contribution >= 4 is 0 Å². The van der Waals surface area contributed by atoms with Gasteiger partial charge in [0, 0.05) is 25.0 Å². The maximum atomic E-state index is 5.80. The smallest absolute Gasteiger partial charge is 0.148 e. The van der Waals surface area contributed by atoms with Crippen LogP contribution in [-0.2, 0) is 6.54 Å². The second-order valence-corrected chi connectivity index (χ2v) is 3.95. The summed E-state index contributed by atoms with van der Waals surface area (Å²) < 4.78 is 5.80. The maximum Gasteiger partial charge on any atom is 0.148 e. The first-order chi connectivity index (χ1) is 8.79. The standard InChI is InChI=1S/C14H17N3O/c1-3-15-10-12-9-13(6-8-17-12)18-14-5-4-7-16-11(14)2/h4-9,15H,3,10H2,1-2H3. The van der Waals surface area contributed by atoms with Gasteiger partial charge < -0.3 is 10.1 Å². The Balaban J connectivity index is 2.12. The minimum atomic E-state index is 0.750. The van der Waals surface area contributed by atoms with Gasteiger partial charge in [0.05, 0.1) is 11.4 Å². The van der Waals surface area contributed by atoms with Crippen molar-refractivity contribution in [3.05, 3.63) is 48.0 Å². The molecular weight excluding hydrogens is 226 g/mol. The minimum Gasteiger partial charge on any atom is -0.455 e. The average Bonchev–Trinajstić information content (AvgIpc) is 2.40. The normalized spacial score (nSPS) is 10.3. The third-order valence-electron chi connectivity index (χ3n) is 2.53. The Labute approximate surface area is 107 Å². The number of aryl methyl sites for hydroxylation is 1. The minimum absolute atomic E-state index is 0.750. The molecule has 0 aliphatic heterocycles. The summed E-state index contributed by atoms with van der Waals surface area (Å²) in [5.74, 6) is 1.56. The quantitative estimate of drug-likeness (QED) is 0.877. The number of ether oxygens (including phenoxy) is 1. The van der Waals surface area contributed by atoms with E-state index in [-0.39, 0.29) is 0 Å². The second-order valence-electron chi connectivity index (χ2n) is 3.95. The summed E-state index contributed by atoms with van der Waals surface area (Å²) in [5.41, 5.74) is 1.85. The van der Waals surface area contributed by atoms with Crippen molar-refractivity contribution in [2.24, 2.45) is 0 Å².